The quantitative estimate of drug-likeness (QED) is 0.832. The van der Waals surface area contributed by atoms with Gasteiger partial charge in [-0.1, -0.05) is 0 Å². The molecule has 0 saturated carbocycles. The minimum Gasteiger partial charge on any atom is -0.384 e. The zero-order chi connectivity index (χ0) is 9.80. The molecule has 0 spiro atoms. The smallest absolute Gasteiger partial charge is 0.123 e. The van der Waals surface area contributed by atoms with E-state index in [0.29, 0.717) is 5.82 Å². The molecule has 2 aromatic rings. The molecule has 2 N–H and O–H groups in total. The van der Waals surface area contributed by atoms with Crippen LogP contribution < -0.4 is 5.73 Å². The number of nitrogens with two attached hydrogens (primary N) is 1. The van der Waals surface area contributed by atoms with Crippen LogP contribution in [0.3, 0.4) is 0 Å². The summed E-state index contributed by atoms with van der Waals surface area (Å²) in [7, 11) is 0. The highest BCUT2D eigenvalue weighted by Gasteiger charge is 1.97. The van der Waals surface area contributed by atoms with Crippen molar-refractivity contribution in [3.05, 3.63) is 40.5 Å². The van der Waals surface area contributed by atoms with E-state index in [1.165, 1.54) is 10.4 Å². The van der Waals surface area contributed by atoms with Crippen LogP contribution in [0.2, 0.25) is 0 Å². The number of nitrogen functional groups attached to an aromatic ring is 1. The Kier molecular flexibility index (Phi) is 2.74. The average Bonchev–Trinajstić information content (AvgIpc) is 2.67. The van der Waals surface area contributed by atoms with Crippen LogP contribution in [0.4, 0.5) is 5.82 Å². The fraction of sp³-hybridized carbons (Fsp3) is 0.200. The number of thiazole rings is 1. The Morgan fingerprint density at radius 2 is 2.29 bits per heavy atom. The van der Waals surface area contributed by atoms with E-state index < -0.39 is 0 Å². The molecule has 0 saturated heterocycles. The first-order valence-corrected chi connectivity index (χ1v) is 5.30. The lowest BCUT2D eigenvalue weighted by molar-refractivity contribution is 0.972. The predicted octanol–water partition coefficient (Wildman–Crippen LogP) is 1.91. The van der Waals surface area contributed by atoms with Gasteiger partial charge in [0.2, 0.25) is 0 Å². The summed E-state index contributed by atoms with van der Waals surface area (Å²) in [6.45, 7) is 0. The third-order valence-corrected chi connectivity index (χ3v) is 2.83. The second-order valence-electron chi connectivity index (χ2n) is 3.06. The van der Waals surface area contributed by atoms with Gasteiger partial charge in [0.05, 0.1) is 5.51 Å². The molecule has 0 amide bonds. The molecule has 0 unspecified atom stereocenters. The molecule has 2 heterocycles. The molecule has 14 heavy (non-hydrogen) atoms. The second kappa shape index (κ2) is 4.19. The van der Waals surface area contributed by atoms with Gasteiger partial charge in [0.25, 0.3) is 0 Å². The van der Waals surface area contributed by atoms with E-state index in [-0.39, 0.29) is 0 Å². The Hall–Kier alpha value is -1.42. The second-order valence-corrected chi connectivity index (χ2v) is 4.03. The third kappa shape index (κ3) is 2.29. The number of anilines is 1. The van der Waals surface area contributed by atoms with Crippen molar-refractivity contribution < 1.29 is 0 Å². The topological polar surface area (TPSA) is 51.8 Å². The molecular weight excluding hydrogens is 194 g/mol. The van der Waals surface area contributed by atoms with E-state index in [1.807, 2.05) is 23.8 Å². The fourth-order valence-corrected chi connectivity index (χ4v) is 1.88. The van der Waals surface area contributed by atoms with Gasteiger partial charge in [-0.15, -0.1) is 11.3 Å². The number of hydrogen-bond donors (Lipinski definition) is 1. The van der Waals surface area contributed by atoms with Crippen LogP contribution in [0.5, 0.6) is 0 Å². The number of nitrogens with zero attached hydrogens (tertiary/aromatic N) is 2. The summed E-state index contributed by atoms with van der Waals surface area (Å²) in [6, 6.07) is 3.92. The van der Waals surface area contributed by atoms with Crippen molar-refractivity contribution in [2.75, 3.05) is 5.73 Å². The minimum absolute atomic E-state index is 0.590. The average molecular weight is 205 g/mol. The zero-order valence-electron chi connectivity index (χ0n) is 7.68. The molecule has 2 rings (SSSR count). The van der Waals surface area contributed by atoms with Crippen LogP contribution in [-0.2, 0) is 12.8 Å². The first-order chi connectivity index (χ1) is 6.84. The fourth-order valence-electron chi connectivity index (χ4n) is 1.28. The van der Waals surface area contributed by atoms with Crippen molar-refractivity contribution in [1.29, 1.82) is 0 Å². The van der Waals surface area contributed by atoms with Gasteiger partial charge < -0.3 is 5.73 Å². The van der Waals surface area contributed by atoms with Gasteiger partial charge in [-0.05, 0) is 30.5 Å². The Morgan fingerprint density at radius 1 is 1.36 bits per heavy atom. The molecule has 4 heteroatoms. The maximum atomic E-state index is 5.59. The lowest BCUT2D eigenvalue weighted by Crippen LogP contribution is -1.93. The number of pyridine rings is 1. The molecule has 0 aliphatic heterocycles. The van der Waals surface area contributed by atoms with Crippen molar-refractivity contribution in [2.24, 2.45) is 0 Å². The zero-order valence-corrected chi connectivity index (χ0v) is 8.50. The summed E-state index contributed by atoms with van der Waals surface area (Å²) in [5, 5.41) is 0. The van der Waals surface area contributed by atoms with E-state index in [4.69, 9.17) is 5.73 Å². The van der Waals surface area contributed by atoms with Gasteiger partial charge in [0.1, 0.15) is 5.82 Å². The number of aryl methyl sites for hydroxylation is 2. The standard InChI is InChI=1S/C10H11N3S/c11-10-5-8(3-4-13-10)1-2-9-6-12-7-14-9/h3-7H,1-2H2,(H2,11,13). The maximum Gasteiger partial charge on any atom is 0.123 e. The van der Waals surface area contributed by atoms with Gasteiger partial charge in [-0.3, -0.25) is 4.98 Å². The lowest BCUT2D eigenvalue weighted by atomic mass is 10.1. The monoisotopic (exact) mass is 205 g/mol. The third-order valence-electron chi connectivity index (χ3n) is 1.99. The Bertz CT molecular complexity index is 398. The number of hydrogen-bond acceptors (Lipinski definition) is 4. The van der Waals surface area contributed by atoms with E-state index in [0.717, 1.165) is 12.8 Å². The van der Waals surface area contributed by atoms with Crippen LogP contribution in [0.1, 0.15) is 10.4 Å². The Balaban J connectivity index is 1.98. The molecular formula is C10H11N3S. The van der Waals surface area contributed by atoms with E-state index >= 15 is 0 Å². The van der Waals surface area contributed by atoms with E-state index in [9.17, 15) is 0 Å². The minimum atomic E-state index is 0.590. The van der Waals surface area contributed by atoms with E-state index in [2.05, 4.69) is 9.97 Å². The van der Waals surface area contributed by atoms with Gasteiger partial charge >= 0.3 is 0 Å². The lowest BCUT2D eigenvalue weighted by Gasteiger charge is -1.99. The highest BCUT2D eigenvalue weighted by Crippen LogP contribution is 2.11. The first-order valence-electron chi connectivity index (χ1n) is 4.42. The molecule has 0 aliphatic carbocycles. The van der Waals surface area contributed by atoms with Gasteiger partial charge in [0.15, 0.2) is 0 Å². The van der Waals surface area contributed by atoms with Gasteiger partial charge in [-0.2, -0.15) is 0 Å². The number of aromatic nitrogens is 2. The summed E-state index contributed by atoms with van der Waals surface area (Å²) in [5.74, 6) is 0.590. The van der Waals surface area contributed by atoms with Crippen molar-refractivity contribution in [3.8, 4) is 0 Å². The molecule has 0 aromatic carbocycles. The van der Waals surface area contributed by atoms with Crippen molar-refractivity contribution in [2.45, 2.75) is 12.8 Å². The van der Waals surface area contributed by atoms with Crippen molar-refractivity contribution >= 4 is 17.2 Å². The normalized spacial score (nSPS) is 10.3. The van der Waals surface area contributed by atoms with Crippen LogP contribution in [0, 0.1) is 0 Å². The highest BCUT2D eigenvalue weighted by molar-refractivity contribution is 7.09. The van der Waals surface area contributed by atoms with Crippen LogP contribution in [-0.4, -0.2) is 9.97 Å². The molecule has 0 aliphatic rings. The summed E-state index contributed by atoms with van der Waals surface area (Å²) in [5.41, 5.74) is 8.67. The van der Waals surface area contributed by atoms with Gasteiger partial charge in [0, 0.05) is 17.3 Å². The summed E-state index contributed by atoms with van der Waals surface area (Å²) >= 11 is 1.69. The van der Waals surface area contributed by atoms with Crippen molar-refractivity contribution in [3.63, 3.8) is 0 Å². The SMILES string of the molecule is Nc1cc(CCc2cncs2)ccn1. The van der Waals surface area contributed by atoms with Crippen LogP contribution in [0.25, 0.3) is 0 Å². The summed E-state index contributed by atoms with van der Waals surface area (Å²) in [6.07, 6.45) is 5.68. The van der Waals surface area contributed by atoms with Crippen LogP contribution in [0.15, 0.2) is 30.0 Å². The maximum absolute atomic E-state index is 5.59. The molecule has 3 nitrogen and oxygen atoms in total. The van der Waals surface area contributed by atoms with Crippen LogP contribution >= 0.6 is 11.3 Å². The summed E-state index contributed by atoms with van der Waals surface area (Å²) < 4.78 is 0. The predicted molar refractivity (Wildman–Crippen MR) is 58.2 cm³/mol. The Morgan fingerprint density at radius 3 is 3.00 bits per heavy atom. The van der Waals surface area contributed by atoms with E-state index in [1.54, 1.807) is 17.5 Å². The van der Waals surface area contributed by atoms with Crippen molar-refractivity contribution in [1.82, 2.24) is 9.97 Å². The number of rotatable bonds is 3. The highest BCUT2D eigenvalue weighted by atomic mass is 32.1. The molecule has 72 valence electrons. The molecule has 0 fully saturated rings. The summed E-state index contributed by atoms with van der Waals surface area (Å²) in [4.78, 5) is 9.29. The molecule has 2 aromatic heterocycles. The molecule has 0 radical (unpaired) electrons. The van der Waals surface area contributed by atoms with Gasteiger partial charge in [-0.25, -0.2) is 4.98 Å². The first kappa shape index (κ1) is 9.15. The Labute approximate surface area is 86.6 Å². The molecule has 0 bridgehead atoms. The molecule has 0 atom stereocenters. The largest absolute Gasteiger partial charge is 0.384 e.